The van der Waals surface area contributed by atoms with Crippen molar-refractivity contribution in [2.45, 2.75) is 39.5 Å². The number of hydrogen-bond donors (Lipinski definition) is 1. The largest absolute Gasteiger partial charge is 0.416 e. The third kappa shape index (κ3) is 3.77. The molecule has 1 heterocycles. The van der Waals surface area contributed by atoms with Crippen LogP contribution >= 0.6 is 0 Å². The lowest BCUT2D eigenvalue weighted by Crippen LogP contribution is -2.09. The van der Waals surface area contributed by atoms with Gasteiger partial charge in [0.2, 0.25) is 5.95 Å². The Morgan fingerprint density at radius 2 is 1.81 bits per heavy atom. The predicted octanol–water partition coefficient (Wildman–Crippen LogP) is 4.40. The molecule has 21 heavy (non-hydrogen) atoms. The lowest BCUT2D eigenvalue weighted by Gasteiger charge is -2.13. The lowest BCUT2D eigenvalue weighted by atomic mass is 10.1. The van der Waals surface area contributed by atoms with Crippen molar-refractivity contribution in [3.05, 3.63) is 47.3 Å². The van der Waals surface area contributed by atoms with Crippen LogP contribution in [-0.2, 0) is 12.7 Å². The van der Waals surface area contributed by atoms with E-state index >= 15 is 0 Å². The fraction of sp³-hybridized carbons (Fsp3) is 0.400. The van der Waals surface area contributed by atoms with Crippen molar-refractivity contribution in [2.24, 2.45) is 0 Å². The van der Waals surface area contributed by atoms with Crippen LogP contribution in [-0.4, -0.2) is 9.55 Å². The molecule has 0 atom stereocenters. The molecule has 114 valence electrons. The van der Waals surface area contributed by atoms with Crippen LogP contribution in [0.4, 0.5) is 19.1 Å². The van der Waals surface area contributed by atoms with E-state index in [0.29, 0.717) is 6.54 Å². The third-order valence-corrected chi connectivity index (χ3v) is 3.14. The summed E-state index contributed by atoms with van der Waals surface area (Å²) in [6.07, 6.45) is -2.35. The summed E-state index contributed by atoms with van der Waals surface area (Å²) in [5.41, 5.74) is 1.04. The Bertz CT molecular complexity index is 598. The van der Waals surface area contributed by atoms with Crippen LogP contribution in [0.25, 0.3) is 0 Å². The van der Waals surface area contributed by atoms with Gasteiger partial charge in [0.05, 0.1) is 11.3 Å². The molecule has 0 spiro atoms. The Morgan fingerprint density at radius 3 is 2.33 bits per heavy atom. The summed E-state index contributed by atoms with van der Waals surface area (Å²) < 4.78 is 39.5. The minimum atomic E-state index is -4.29. The summed E-state index contributed by atoms with van der Waals surface area (Å²) in [5.74, 6) is 0.724. The lowest BCUT2D eigenvalue weighted by molar-refractivity contribution is -0.137. The summed E-state index contributed by atoms with van der Waals surface area (Å²) in [7, 11) is 0. The molecule has 0 saturated heterocycles. The number of anilines is 1. The van der Waals surface area contributed by atoms with Crippen molar-refractivity contribution in [3.63, 3.8) is 0 Å². The zero-order valence-corrected chi connectivity index (χ0v) is 12.2. The minimum absolute atomic E-state index is 0.265. The van der Waals surface area contributed by atoms with Gasteiger partial charge in [-0.25, -0.2) is 4.98 Å². The van der Waals surface area contributed by atoms with Crippen LogP contribution in [0.3, 0.4) is 0 Å². The molecular formula is C15H18F3N3. The van der Waals surface area contributed by atoms with Crippen molar-refractivity contribution in [3.8, 4) is 0 Å². The molecule has 0 fully saturated rings. The molecule has 1 aromatic carbocycles. The monoisotopic (exact) mass is 297 g/mol. The summed E-state index contributed by atoms with van der Waals surface area (Å²) in [5, 5.41) is 3.16. The maximum atomic E-state index is 12.5. The van der Waals surface area contributed by atoms with Gasteiger partial charge in [0.15, 0.2) is 0 Å². The van der Waals surface area contributed by atoms with Gasteiger partial charge in [-0.05, 0) is 38.5 Å². The maximum Gasteiger partial charge on any atom is 0.416 e. The van der Waals surface area contributed by atoms with Gasteiger partial charge < -0.3 is 9.88 Å². The van der Waals surface area contributed by atoms with Crippen molar-refractivity contribution < 1.29 is 13.2 Å². The average molecular weight is 297 g/mol. The van der Waals surface area contributed by atoms with E-state index in [-0.39, 0.29) is 6.04 Å². The molecule has 0 bridgehead atoms. The Labute approximate surface area is 121 Å². The number of nitrogens with one attached hydrogen (secondary N) is 1. The van der Waals surface area contributed by atoms with Gasteiger partial charge in [-0.1, -0.05) is 12.1 Å². The maximum absolute atomic E-state index is 12.5. The summed E-state index contributed by atoms with van der Waals surface area (Å²) >= 11 is 0. The Morgan fingerprint density at radius 1 is 1.19 bits per heavy atom. The molecule has 1 N–H and O–H groups in total. The highest BCUT2D eigenvalue weighted by molar-refractivity contribution is 5.33. The number of rotatable bonds is 4. The van der Waals surface area contributed by atoms with E-state index in [1.165, 1.54) is 12.1 Å². The molecule has 0 saturated carbocycles. The fourth-order valence-corrected chi connectivity index (χ4v) is 2.03. The predicted molar refractivity (Wildman–Crippen MR) is 76.1 cm³/mol. The van der Waals surface area contributed by atoms with Gasteiger partial charge >= 0.3 is 6.18 Å². The highest BCUT2D eigenvalue weighted by Crippen LogP contribution is 2.29. The second-order valence-electron chi connectivity index (χ2n) is 5.26. The molecule has 0 aliphatic rings. The Balaban J connectivity index is 2.07. The second kappa shape index (κ2) is 5.79. The topological polar surface area (TPSA) is 29.9 Å². The number of nitrogens with zero attached hydrogens (tertiary/aromatic N) is 2. The number of aryl methyl sites for hydroxylation is 1. The number of benzene rings is 1. The minimum Gasteiger partial charge on any atom is -0.352 e. The first kappa shape index (κ1) is 15.4. The summed E-state index contributed by atoms with van der Waals surface area (Å²) in [4.78, 5) is 4.38. The van der Waals surface area contributed by atoms with Gasteiger partial charge in [0.25, 0.3) is 0 Å². The molecule has 2 rings (SSSR count). The van der Waals surface area contributed by atoms with E-state index in [2.05, 4.69) is 10.3 Å². The molecule has 0 aliphatic carbocycles. The van der Waals surface area contributed by atoms with Gasteiger partial charge in [0.1, 0.15) is 0 Å². The molecular weight excluding hydrogens is 279 g/mol. The summed E-state index contributed by atoms with van der Waals surface area (Å²) in [6.45, 7) is 6.43. The first-order valence-electron chi connectivity index (χ1n) is 6.73. The third-order valence-electron chi connectivity index (χ3n) is 3.14. The van der Waals surface area contributed by atoms with Crippen LogP contribution in [0.5, 0.6) is 0 Å². The molecule has 0 radical (unpaired) electrons. The normalized spacial score (nSPS) is 12.0. The van der Waals surface area contributed by atoms with Crippen LogP contribution in [0, 0.1) is 6.92 Å². The molecule has 1 aromatic heterocycles. The highest BCUT2D eigenvalue weighted by Gasteiger charge is 2.29. The quantitative estimate of drug-likeness (QED) is 0.906. The van der Waals surface area contributed by atoms with Crippen LogP contribution in [0.1, 0.15) is 36.7 Å². The smallest absolute Gasteiger partial charge is 0.352 e. The van der Waals surface area contributed by atoms with Crippen molar-refractivity contribution in [1.29, 1.82) is 0 Å². The number of aromatic nitrogens is 2. The van der Waals surface area contributed by atoms with E-state index < -0.39 is 11.7 Å². The number of alkyl halides is 3. The van der Waals surface area contributed by atoms with E-state index in [9.17, 15) is 13.2 Å². The van der Waals surface area contributed by atoms with E-state index in [1.54, 1.807) is 0 Å². The highest BCUT2D eigenvalue weighted by atomic mass is 19.4. The van der Waals surface area contributed by atoms with Crippen molar-refractivity contribution in [1.82, 2.24) is 9.55 Å². The number of hydrogen-bond acceptors (Lipinski definition) is 2. The second-order valence-corrected chi connectivity index (χ2v) is 5.26. The Kier molecular flexibility index (Phi) is 4.25. The average Bonchev–Trinajstić information content (AvgIpc) is 2.77. The first-order valence-corrected chi connectivity index (χ1v) is 6.73. The molecule has 0 amide bonds. The van der Waals surface area contributed by atoms with Crippen LogP contribution in [0.2, 0.25) is 0 Å². The van der Waals surface area contributed by atoms with E-state index in [0.717, 1.165) is 29.3 Å². The standard InChI is InChI=1S/C15H18F3N3/c1-10(2)21-9-11(3)20-14(21)19-8-12-4-6-13(7-5-12)15(16,17)18/h4-7,9-10H,8H2,1-3H3,(H,19,20). The number of halogens is 3. The van der Waals surface area contributed by atoms with Crippen LogP contribution in [0.15, 0.2) is 30.5 Å². The molecule has 6 heteroatoms. The van der Waals surface area contributed by atoms with Crippen molar-refractivity contribution >= 4 is 5.95 Å². The zero-order chi connectivity index (χ0) is 15.6. The van der Waals surface area contributed by atoms with Crippen molar-refractivity contribution in [2.75, 3.05) is 5.32 Å². The van der Waals surface area contributed by atoms with Gasteiger partial charge in [-0.2, -0.15) is 13.2 Å². The van der Waals surface area contributed by atoms with Gasteiger partial charge in [0, 0.05) is 18.8 Å². The molecule has 3 nitrogen and oxygen atoms in total. The molecule has 0 unspecified atom stereocenters. The van der Waals surface area contributed by atoms with E-state index in [1.807, 2.05) is 31.5 Å². The number of imidazole rings is 1. The summed E-state index contributed by atoms with van der Waals surface area (Å²) in [6, 6.07) is 5.41. The molecule has 2 aromatic rings. The van der Waals surface area contributed by atoms with Crippen LogP contribution < -0.4 is 5.32 Å². The fourth-order valence-electron chi connectivity index (χ4n) is 2.03. The van der Waals surface area contributed by atoms with Gasteiger partial charge in [-0.3, -0.25) is 0 Å². The zero-order valence-electron chi connectivity index (χ0n) is 12.2. The first-order chi connectivity index (χ1) is 9.77. The molecule has 0 aliphatic heterocycles. The van der Waals surface area contributed by atoms with E-state index in [4.69, 9.17) is 0 Å². The Hall–Kier alpha value is -1.98. The SMILES string of the molecule is Cc1cn(C(C)C)c(NCc2ccc(C(F)(F)F)cc2)n1. The van der Waals surface area contributed by atoms with Gasteiger partial charge in [-0.15, -0.1) is 0 Å².